The van der Waals surface area contributed by atoms with Crippen LogP contribution in [0.3, 0.4) is 0 Å². The van der Waals surface area contributed by atoms with E-state index >= 15 is 0 Å². The van der Waals surface area contributed by atoms with E-state index in [1.54, 1.807) is 6.20 Å². The van der Waals surface area contributed by atoms with Crippen molar-refractivity contribution < 1.29 is 0 Å². The van der Waals surface area contributed by atoms with Gasteiger partial charge in [-0.05, 0) is 45.0 Å². The highest BCUT2D eigenvalue weighted by Gasteiger charge is 2.32. The predicted octanol–water partition coefficient (Wildman–Crippen LogP) is 2.49. The van der Waals surface area contributed by atoms with E-state index in [9.17, 15) is 0 Å². The number of nitrogens with one attached hydrogen (secondary N) is 1. The summed E-state index contributed by atoms with van der Waals surface area (Å²) >= 11 is 6.04. The number of rotatable bonds is 5. The highest BCUT2D eigenvalue weighted by molar-refractivity contribution is 6.32. The van der Waals surface area contributed by atoms with Gasteiger partial charge in [0.1, 0.15) is 5.82 Å². The Hall–Kier alpha value is -0.800. The first-order valence-electron chi connectivity index (χ1n) is 5.69. The predicted molar refractivity (Wildman–Crippen MR) is 67.9 cm³/mol. The molecule has 88 valence electrons. The van der Waals surface area contributed by atoms with Crippen molar-refractivity contribution in [2.75, 3.05) is 26.0 Å². The van der Waals surface area contributed by atoms with Crippen LogP contribution in [0.2, 0.25) is 5.02 Å². The van der Waals surface area contributed by atoms with Crippen LogP contribution in [0, 0.1) is 5.92 Å². The molecule has 16 heavy (non-hydrogen) atoms. The molecule has 0 saturated heterocycles. The molecule has 0 aliphatic heterocycles. The van der Waals surface area contributed by atoms with E-state index in [1.165, 1.54) is 12.8 Å². The lowest BCUT2D eigenvalue weighted by Gasteiger charge is -2.24. The maximum absolute atomic E-state index is 6.04. The summed E-state index contributed by atoms with van der Waals surface area (Å²) in [7, 11) is 4.26. The molecule has 0 radical (unpaired) electrons. The van der Waals surface area contributed by atoms with E-state index < -0.39 is 0 Å². The molecule has 1 N–H and O–H groups in total. The van der Waals surface area contributed by atoms with Gasteiger partial charge >= 0.3 is 0 Å². The van der Waals surface area contributed by atoms with Gasteiger partial charge in [-0.2, -0.15) is 0 Å². The van der Waals surface area contributed by atoms with Crippen LogP contribution in [0.15, 0.2) is 18.3 Å². The van der Waals surface area contributed by atoms with Crippen molar-refractivity contribution in [3.63, 3.8) is 0 Å². The Morgan fingerprint density at radius 3 is 2.88 bits per heavy atom. The van der Waals surface area contributed by atoms with Crippen molar-refractivity contribution in [3.05, 3.63) is 23.4 Å². The van der Waals surface area contributed by atoms with Gasteiger partial charge in [-0.15, -0.1) is 0 Å². The van der Waals surface area contributed by atoms with Crippen LogP contribution in [0.5, 0.6) is 0 Å². The second kappa shape index (κ2) is 5.02. The fraction of sp³-hybridized carbons (Fsp3) is 0.583. The summed E-state index contributed by atoms with van der Waals surface area (Å²) < 4.78 is 0. The zero-order valence-corrected chi connectivity index (χ0v) is 10.5. The second-order valence-corrected chi connectivity index (χ2v) is 4.99. The molecule has 3 nitrogen and oxygen atoms in total. The largest absolute Gasteiger partial charge is 0.367 e. The third-order valence-electron chi connectivity index (χ3n) is 3.07. The van der Waals surface area contributed by atoms with Crippen LogP contribution < -0.4 is 5.32 Å². The Balaban J connectivity index is 1.93. The first-order chi connectivity index (χ1) is 7.68. The maximum atomic E-state index is 6.04. The van der Waals surface area contributed by atoms with Crippen molar-refractivity contribution in [2.45, 2.75) is 18.9 Å². The van der Waals surface area contributed by atoms with Crippen LogP contribution in [-0.4, -0.2) is 36.6 Å². The van der Waals surface area contributed by atoms with Gasteiger partial charge in [0.15, 0.2) is 0 Å². The summed E-state index contributed by atoms with van der Waals surface area (Å²) in [5.74, 6) is 1.63. The molecule has 1 fully saturated rings. The third-order valence-corrected chi connectivity index (χ3v) is 3.37. The highest BCUT2D eigenvalue weighted by Crippen LogP contribution is 2.34. The van der Waals surface area contributed by atoms with Gasteiger partial charge in [0.25, 0.3) is 0 Å². The Labute approximate surface area is 102 Å². The fourth-order valence-corrected chi connectivity index (χ4v) is 2.16. The topological polar surface area (TPSA) is 28.2 Å². The number of aromatic nitrogens is 1. The molecule has 0 spiro atoms. The minimum absolute atomic E-state index is 0.582. The number of anilines is 1. The summed E-state index contributed by atoms with van der Waals surface area (Å²) in [6.45, 7) is 0.911. The molecule has 4 heteroatoms. The third kappa shape index (κ3) is 2.86. The van der Waals surface area contributed by atoms with Crippen LogP contribution in [0.25, 0.3) is 0 Å². The van der Waals surface area contributed by atoms with Crippen LogP contribution in [-0.2, 0) is 0 Å². The number of hydrogen-bond acceptors (Lipinski definition) is 3. The molecule has 0 amide bonds. The van der Waals surface area contributed by atoms with E-state index in [0.717, 1.165) is 18.3 Å². The number of halogens is 1. The molecule has 1 aliphatic rings. The van der Waals surface area contributed by atoms with Crippen LogP contribution in [0.1, 0.15) is 12.8 Å². The van der Waals surface area contributed by atoms with Gasteiger partial charge in [-0.1, -0.05) is 11.6 Å². The van der Waals surface area contributed by atoms with E-state index in [4.69, 9.17) is 11.6 Å². The smallest absolute Gasteiger partial charge is 0.144 e. The first kappa shape index (κ1) is 11.7. The highest BCUT2D eigenvalue weighted by atomic mass is 35.5. The molecule has 1 atom stereocenters. The SMILES string of the molecule is CN(C)C(CNc1ncccc1Cl)C1CC1. The van der Waals surface area contributed by atoms with Crippen molar-refractivity contribution in [1.29, 1.82) is 0 Å². The van der Waals surface area contributed by atoms with E-state index in [0.29, 0.717) is 11.1 Å². The molecule has 1 unspecified atom stereocenters. The summed E-state index contributed by atoms with van der Waals surface area (Å²) in [6, 6.07) is 4.29. The molecule has 1 heterocycles. The Bertz CT molecular complexity index is 348. The number of nitrogens with zero attached hydrogens (tertiary/aromatic N) is 2. The minimum Gasteiger partial charge on any atom is -0.367 e. The average molecular weight is 240 g/mol. The van der Waals surface area contributed by atoms with Gasteiger partial charge in [0.2, 0.25) is 0 Å². The number of likely N-dealkylation sites (N-methyl/N-ethyl adjacent to an activating group) is 1. The van der Waals surface area contributed by atoms with E-state index in [-0.39, 0.29) is 0 Å². The van der Waals surface area contributed by atoms with Crippen molar-refractivity contribution in [2.24, 2.45) is 5.92 Å². The van der Waals surface area contributed by atoms with E-state index in [1.807, 2.05) is 12.1 Å². The molecule has 1 saturated carbocycles. The molecule has 2 rings (SSSR count). The lowest BCUT2D eigenvalue weighted by Crippen LogP contribution is -2.36. The van der Waals surface area contributed by atoms with Crippen molar-refractivity contribution in [1.82, 2.24) is 9.88 Å². The molecular formula is C12H18ClN3. The summed E-state index contributed by atoms with van der Waals surface area (Å²) in [5, 5.41) is 4.02. The molecule has 0 aromatic carbocycles. The molecule has 1 aromatic heterocycles. The van der Waals surface area contributed by atoms with Gasteiger partial charge in [0, 0.05) is 18.8 Å². The van der Waals surface area contributed by atoms with Crippen molar-refractivity contribution in [3.8, 4) is 0 Å². The van der Waals surface area contributed by atoms with Crippen LogP contribution in [0.4, 0.5) is 5.82 Å². The number of hydrogen-bond donors (Lipinski definition) is 1. The first-order valence-corrected chi connectivity index (χ1v) is 6.07. The lowest BCUT2D eigenvalue weighted by atomic mass is 10.1. The molecular weight excluding hydrogens is 222 g/mol. The van der Waals surface area contributed by atoms with Crippen LogP contribution >= 0.6 is 11.6 Å². The fourth-order valence-electron chi connectivity index (χ4n) is 1.97. The van der Waals surface area contributed by atoms with E-state index in [2.05, 4.69) is 29.3 Å². The monoisotopic (exact) mass is 239 g/mol. The molecule has 0 bridgehead atoms. The zero-order valence-electron chi connectivity index (χ0n) is 9.78. The second-order valence-electron chi connectivity index (χ2n) is 4.58. The van der Waals surface area contributed by atoms with Crippen molar-refractivity contribution >= 4 is 17.4 Å². The maximum Gasteiger partial charge on any atom is 0.144 e. The summed E-state index contributed by atoms with van der Waals surface area (Å²) in [4.78, 5) is 6.51. The Morgan fingerprint density at radius 2 is 2.31 bits per heavy atom. The molecule has 1 aliphatic carbocycles. The standard InChI is InChI=1S/C12H18ClN3/c1-16(2)11(9-5-6-9)8-15-12-10(13)4-3-7-14-12/h3-4,7,9,11H,5-6,8H2,1-2H3,(H,14,15). The Kier molecular flexibility index (Phi) is 3.66. The quantitative estimate of drug-likeness (QED) is 0.856. The summed E-state index contributed by atoms with van der Waals surface area (Å²) in [6.07, 6.45) is 4.46. The van der Waals surface area contributed by atoms with Gasteiger partial charge in [-0.25, -0.2) is 4.98 Å². The molecule has 1 aromatic rings. The number of pyridine rings is 1. The zero-order chi connectivity index (χ0) is 11.5. The normalized spacial score (nSPS) is 17.5. The van der Waals surface area contributed by atoms with Gasteiger partial charge < -0.3 is 10.2 Å². The average Bonchev–Trinajstić information content (AvgIpc) is 3.04. The van der Waals surface area contributed by atoms with Gasteiger partial charge in [-0.3, -0.25) is 0 Å². The summed E-state index contributed by atoms with van der Waals surface area (Å²) in [5.41, 5.74) is 0. The van der Waals surface area contributed by atoms with Gasteiger partial charge in [0.05, 0.1) is 5.02 Å². The lowest BCUT2D eigenvalue weighted by molar-refractivity contribution is 0.276. The minimum atomic E-state index is 0.582. The Morgan fingerprint density at radius 1 is 1.56 bits per heavy atom.